The SMILES string of the molecule is CS[C](SC)c1cccc2ccccc12. The van der Waals surface area contributed by atoms with Crippen LogP contribution in [0.1, 0.15) is 5.56 Å². The van der Waals surface area contributed by atoms with E-state index in [4.69, 9.17) is 0 Å². The summed E-state index contributed by atoms with van der Waals surface area (Å²) in [5.41, 5.74) is 1.35. The van der Waals surface area contributed by atoms with Crippen LogP contribution in [-0.4, -0.2) is 12.5 Å². The molecule has 0 unspecified atom stereocenters. The zero-order valence-electron chi connectivity index (χ0n) is 8.86. The van der Waals surface area contributed by atoms with Crippen LogP contribution in [0, 0.1) is 4.58 Å². The van der Waals surface area contributed by atoms with E-state index in [1.807, 2.05) is 23.5 Å². The topological polar surface area (TPSA) is 0 Å². The maximum absolute atomic E-state index is 2.20. The van der Waals surface area contributed by atoms with Crippen LogP contribution in [-0.2, 0) is 0 Å². The van der Waals surface area contributed by atoms with Gasteiger partial charge in [0.1, 0.15) is 4.58 Å². The summed E-state index contributed by atoms with van der Waals surface area (Å²) in [4.78, 5) is 0. The largest absolute Gasteiger partial charge is 0.140 e. The van der Waals surface area contributed by atoms with Gasteiger partial charge in [0.25, 0.3) is 0 Å². The maximum atomic E-state index is 2.20. The molecule has 2 rings (SSSR count). The Bertz CT molecular complexity index is 442. The number of thioether (sulfide) groups is 2. The van der Waals surface area contributed by atoms with E-state index in [1.165, 1.54) is 20.9 Å². The van der Waals surface area contributed by atoms with Crippen molar-refractivity contribution in [3.05, 3.63) is 52.6 Å². The molecule has 0 spiro atoms. The number of hydrogen-bond donors (Lipinski definition) is 0. The highest BCUT2D eigenvalue weighted by Crippen LogP contribution is 2.38. The lowest BCUT2D eigenvalue weighted by atomic mass is 10.1. The van der Waals surface area contributed by atoms with E-state index in [1.54, 1.807) is 0 Å². The van der Waals surface area contributed by atoms with Crippen molar-refractivity contribution in [1.82, 2.24) is 0 Å². The van der Waals surface area contributed by atoms with Gasteiger partial charge in [0.15, 0.2) is 0 Å². The van der Waals surface area contributed by atoms with Crippen molar-refractivity contribution in [3.8, 4) is 0 Å². The van der Waals surface area contributed by atoms with Gasteiger partial charge in [-0.25, -0.2) is 0 Å². The van der Waals surface area contributed by atoms with Crippen molar-refractivity contribution in [2.24, 2.45) is 0 Å². The molecule has 0 fully saturated rings. The number of benzene rings is 2. The standard InChI is InChI=1S/C13H13S2/c1-14-13(15-2)12-9-5-7-10-6-3-4-8-11(10)12/h3-9H,1-2H3. The molecule has 1 radical (unpaired) electrons. The smallest absolute Gasteiger partial charge is 0.114 e. The molecule has 2 aromatic carbocycles. The van der Waals surface area contributed by atoms with Gasteiger partial charge in [-0.2, -0.15) is 0 Å². The molecule has 0 bridgehead atoms. The molecule has 0 nitrogen and oxygen atoms in total. The zero-order valence-corrected chi connectivity index (χ0v) is 10.5. The van der Waals surface area contributed by atoms with E-state index in [0.717, 1.165) is 0 Å². The second-order valence-electron chi connectivity index (χ2n) is 3.22. The summed E-state index contributed by atoms with van der Waals surface area (Å²) in [7, 11) is 0. The molecule has 2 heteroatoms. The van der Waals surface area contributed by atoms with Crippen molar-refractivity contribution < 1.29 is 0 Å². The van der Waals surface area contributed by atoms with Crippen LogP contribution in [0.15, 0.2) is 42.5 Å². The predicted octanol–water partition coefficient (Wildman–Crippen LogP) is 4.40. The van der Waals surface area contributed by atoms with E-state index in [2.05, 4.69) is 55.0 Å². The van der Waals surface area contributed by atoms with Crippen LogP contribution in [0.5, 0.6) is 0 Å². The highest BCUT2D eigenvalue weighted by Gasteiger charge is 2.11. The number of hydrogen-bond acceptors (Lipinski definition) is 2. The minimum atomic E-state index is 1.32. The Balaban J connectivity index is 2.59. The summed E-state index contributed by atoms with van der Waals surface area (Å²) < 4.78 is 1.38. The van der Waals surface area contributed by atoms with Gasteiger partial charge in [0.2, 0.25) is 0 Å². The molecule has 0 saturated carbocycles. The molecular formula is C13H13S2. The molecule has 0 heterocycles. The Hall–Kier alpha value is -0.600. The quantitative estimate of drug-likeness (QED) is 0.770. The fraction of sp³-hybridized carbons (Fsp3) is 0.154. The third-order valence-electron chi connectivity index (χ3n) is 2.38. The first-order chi connectivity index (χ1) is 7.36. The molecule has 15 heavy (non-hydrogen) atoms. The van der Waals surface area contributed by atoms with Crippen molar-refractivity contribution in [2.45, 2.75) is 0 Å². The molecule has 0 N–H and O–H groups in total. The van der Waals surface area contributed by atoms with E-state index < -0.39 is 0 Å². The normalized spacial score (nSPS) is 11.1. The van der Waals surface area contributed by atoms with Gasteiger partial charge in [-0.1, -0.05) is 42.5 Å². The first kappa shape index (κ1) is 10.9. The third-order valence-corrected chi connectivity index (χ3v) is 4.56. The van der Waals surface area contributed by atoms with Gasteiger partial charge >= 0.3 is 0 Å². The van der Waals surface area contributed by atoms with Crippen LogP contribution < -0.4 is 0 Å². The lowest BCUT2D eigenvalue weighted by Crippen LogP contribution is -1.90. The Morgan fingerprint density at radius 1 is 0.867 bits per heavy atom. The highest BCUT2D eigenvalue weighted by molar-refractivity contribution is 8.20. The van der Waals surface area contributed by atoms with Gasteiger partial charge in [-0.05, 0) is 28.8 Å². The molecule has 0 aliphatic heterocycles. The summed E-state index contributed by atoms with van der Waals surface area (Å²) in [6, 6.07) is 15.0. The van der Waals surface area contributed by atoms with Crippen LogP contribution in [0.3, 0.4) is 0 Å². The second-order valence-corrected chi connectivity index (χ2v) is 5.11. The van der Waals surface area contributed by atoms with Gasteiger partial charge in [-0.3, -0.25) is 0 Å². The lowest BCUT2D eigenvalue weighted by Gasteiger charge is -2.13. The summed E-state index contributed by atoms with van der Waals surface area (Å²) >= 11 is 3.63. The van der Waals surface area contributed by atoms with Crippen LogP contribution in [0.2, 0.25) is 0 Å². The zero-order chi connectivity index (χ0) is 10.7. The summed E-state index contributed by atoms with van der Waals surface area (Å²) in [6.45, 7) is 0. The lowest BCUT2D eigenvalue weighted by molar-refractivity contribution is 1.63. The molecule has 0 aromatic heterocycles. The van der Waals surface area contributed by atoms with E-state index in [0.29, 0.717) is 0 Å². The molecule has 0 amide bonds. The Morgan fingerprint density at radius 3 is 2.27 bits per heavy atom. The van der Waals surface area contributed by atoms with Crippen LogP contribution in [0.25, 0.3) is 10.8 Å². The molecule has 0 aliphatic rings. The van der Waals surface area contributed by atoms with Crippen molar-refractivity contribution in [1.29, 1.82) is 0 Å². The van der Waals surface area contributed by atoms with E-state index in [-0.39, 0.29) is 0 Å². The van der Waals surface area contributed by atoms with Crippen LogP contribution >= 0.6 is 23.5 Å². The van der Waals surface area contributed by atoms with Gasteiger partial charge < -0.3 is 0 Å². The third kappa shape index (κ3) is 2.16. The monoisotopic (exact) mass is 233 g/mol. The van der Waals surface area contributed by atoms with E-state index >= 15 is 0 Å². The molecular weight excluding hydrogens is 220 g/mol. The Labute approximate surface area is 99.5 Å². The minimum absolute atomic E-state index is 1.32. The Kier molecular flexibility index (Phi) is 3.60. The first-order valence-corrected chi connectivity index (χ1v) is 7.25. The molecule has 0 aliphatic carbocycles. The fourth-order valence-electron chi connectivity index (χ4n) is 1.71. The molecule has 0 atom stereocenters. The number of rotatable bonds is 3. The van der Waals surface area contributed by atoms with Gasteiger partial charge in [-0.15, -0.1) is 23.5 Å². The summed E-state index contributed by atoms with van der Waals surface area (Å²) in [5, 5.41) is 2.66. The molecule has 77 valence electrons. The molecule has 0 saturated heterocycles. The number of fused-ring (bicyclic) bond motifs is 1. The van der Waals surface area contributed by atoms with Crippen molar-refractivity contribution >= 4 is 34.3 Å². The van der Waals surface area contributed by atoms with E-state index in [9.17, 15) is 0 Å². The van der Waals surface area contributed by atoms with Crippen molar-refractivity contribution in [2.75, 3.05) is 12.5 Å². The Morgan fingerprint density at radius 2 is 1.53 bits per heavy atom. The second kappa shape index (κ2) is 4.95. The minimum Gasteiger partial charge on any atom is -0.140 e. The molecule has 2 aromatic rings. The predicted molar refractivity (Wildman–Crippen MR) is 73.3 cm³/mol. The van der Waals surface area contributed by atoms with Crippen molar-refractivity contribution in [3.63, 3.8) is 0 Å². The summed E-state index contributed by atoms with van der Waals surface area (Å²) in [5.74, 6) is 0. The average molecular weight is 233 g/mol. The highest BCUT2D eigenvalue weighted by atomic mass is 32.2. The fourth-order valence-corrected chi connectivity index (χ4v) is 3.17. The maximum Gasteiger partial charge on any atom is 0.114 e. The van der Waals surface area contributed by atoms with Gasteiger partial charge in [0, 0.05) is 0 Å². The first-order valence-electron chi connectivity index (χ1n) is 4.80. The van der Waals surface area contributed by atoms with Crippen LogP contribution in [0.4, 0.5) is 0 Å². The summed E-state index contributed by atoms with van der Waals surface area (Å²) in [6.07, 6.45) is 4.27. The average Bonchev–Trinajstić information content (AvgIpc) is 2.31. The van der Waals surface area contributed by atoms with Gasteiger partial charge in [0.05, 0.1) is 0 Å².